The van der Waals surface area contributed by atoms with Crippen molar-refractivity contribution in [1.29, 1.82) is 0 Å². The second-order valence-electron chi connectivity index (χ2n) is 37.3. The Morgan fingerprint density at radius 2 is 0.227 bits per heavy atom. The number of nitrogens with one attached hydrogen (secondary N) is 8. The number of hydrogen-bond acceptors (Lipinski definition) is 32. The average molecular weight is 1830 g/mol. The first-order valence-corrected chi connectivity index (χ1v) is 50.6. The van der Waals surface area contributed by atoms with Gasteiger partial charge >= 0.3 is 0 Å². The summed E-state index contributed by atoms with van der Waals surface area (Å²) in [6.07, 6.45) is 26.4. The predicted octanol–water partition coefficient (Wildman–Crippen LogP) is 8.09. The molecule has 0 radical (unpaired) electrons. The molecule has 8 N–H and O–H groups in total. The molecule has 9 fully saturated rings. The normalized spacial score (nSPS) is 30.9. The first-order chi connectivity index (χ1) is 63.3. The minimum absolute atomic E-state index is 0.0549. The molecule has 16 unspecified atom stereocenters. The van der Waals surface area contributed by atoms with E-state index < -0.39 is 0 Å². The molecular weight excluding hydrogens is 1650 g/mol. The Balaban J connectivity index is 1.07. The molecule has 752 valence electrons. The summed E-state index contributed by atoms with van der Waals surface area (Å²) in [6.45, 7) is 24.0. The lowest BCUT2D eigenvalue weighted by Gasteiger charge is -2.44. The minimum atomic E-state index is 0.0549. The zero-order valence-electron chi connectivity index (χ0n) is 80.9. The zero-order chi connectivity index (χ0) is 89.7. The van der Waals surface area contributed by atoms with E-state index in [2.05, 4.69) is 42.5 Å². The van der Waals surface area contributed by atoms with Crippen LogP contribution < -0.4 is 42.5 Å². The highest BCUT2D eigenvalue weighted by molar-refractivity contribution is 5.11. The van der Waals surface area contributed by atoms with Crippen molar-refractivity contribution in [2.24, 2.45) is 94.7 Å². The Hall–Kier alpha value is -1.28. The quantitative estimate of drug-likeness (QED) is 0.0267. The number of ether oxygens (including phenoxy) is 24. The summed E-state index contributed by atoms with van der Waals surface area (Å²) in [6, 6.07) is 0. The van der Waals surface area contributed by atoms with Gasteiger partial charge in [-0.3, -0.25) is 42.5 Å². The SMILES string of the molecule is COCCOCCOCCCC1CC2C3NC(NC4NC(NC5NC(NC6NC(N3)C3CC(CCCOCCOCCOC)C(CCCOCCOCCOC)CC63)C3CC(CCCOCCOCCOC)C(CCCOCCOCCOC)CC53)C3CC(CCCOCCOCCOC)C(CCCOCCOCCOC)CC43)C2CC1CCCOCCOCCOC. The smallest absolute Gasteiger partial charge is 0.0701 e. The van der Waals surface area contributed by atoms with Crippen LogP contribution in [0.5, 0.6) is 0 Å². The third-order valence-corrected chi connectivity index (χ3v) is 29.1. The molecule has 32 heteroatoms. The fourth-order valence-electron chi connectivity index (χ4n) is 22.8. The second-order valence-corrected chi connectivity index (χ2v) is 37.3. The van der Waals surface area contributed by atoms with Crippen molar-refractivity contribution in [1.82, 2.24) is 42.5 Å². The van der Waals surface area contributed by atoms with Gasteiger partial charge in [0.15, 0.2) is 0 Å². The molecule has 0 aromatic rings. The van der Waals surface area contributed by atoms with Crippen LogP contribution in [0.15, 0.2) is 0 Å². The fourth-order valence-corrected chi connectivity index (χ4v) is 22.8. The lowest BCUT2D eigenvalue weighted by molar-refractivity contribution is 0.0152. The van der Waals surface area contributed by atoms with Gasteiger partial charge in [0.05, 0.1) is 261 Å². The van der Waals surface area contributed by atoms with Gasteiger partial charge in [0.2, 0.25) is 0 Å². The van der Waals surface area contributed by atoms with Crippen LogP contribution in [-0.4, -0.2) is 370 Å². The summed E-state index contributed by atoms with van der Waals surface area (Å²) < 4.78 is 140. The number of hydrogen-bond donors (Lipinski definition) is 8. The topological polar surface area (TPSA) is 318 Å². The van der Waals surface area contributed by atoms with Crippen molar-refractivity contribution in [2.75, 3.05) is 321 Å². The molecule has 0 amide bonds. The van der Waals surface area contributed by atoms with Crippen LogP contribution in [0, 0.1) is 94.7 Å². The Morgan fingerprint density at radius 1 is 0.133 bits per heavy atom. The van der Waals surface area contributed by atoms with Gasteiger partial charge in [0.25, 0.3) is 0 Å². The van der Waals surface area contributed by atoms with Crippen molar-refractivity contribution >= 4 is 0 Å². The number of methoxy groups -OCH3 is 8. The van der Waals surface area contributed by atoms with Crippen LogP contribution in [0.1, 0.15) is 154 Å². The third-order valence-electron chi connectivity index (χ3n) is 29.1. The summed E-state index contributed by atoms with van der Waals surface area (Å²) in [5.74, 6) is 7.09. The second kappa shape index (κ2) is 70.4. The van der Waals surface area contributed by atoms with Gasteiger partial charge in [-0.2, -0.15) is 0 Å². The maximum absolute atomic E-state index is 6.36. The van der Waals surface area contributed by atoms with Gasteiger partial charge in [0.1, 0.15) is 0 Å². The van der Waals surface area contributed by atoms with Crippen molar-refractivity contribution in [3.63, 3.8) is 0 Å². The first-order valence-electron chi connectivity index (χ1n) is 50.6. The third kappa shape index (κ3) is 41.4. The predicted molar refractivity (Wildman–Crippen MR) is 490 cm³/mol. The maximum Gasteiger partial charge on any atom is 0.0701 e. The lowest BCUT2D eigenvalue weighted by Crippen LogP contribution is -2.61. The molecule has 5 heterocycles. The molecule has 9 rings (SSSR count). The van der Waals surface area contributed by atoms with E-state index in [4.69, 9.17) is 114 Å². The van der Waals surface area contributed by atoms with Crippen molar-refractivity contribution < 1.29 is 114 Å². The Labute approximate surface area is 771 Å². The van der Waals surface area contributed by atoms with Crippen molar-refractivity contribution in [3.05, 3.63) is 0 Å². The van der Waals surface area contributed by atoms with E-state index in [1.807, 2.05) is 0 Å². The van der Waals surface area contributed by atoms with Gasteiger partial charge in [-0.25, -0.2) is 0 Å². The number of fused-ring (bicyclic) bond motifs is 20. The average Bonchev–Trinajstić information content (AvgIpc) is 1.59. The van der Waals surface area contributed by atoms with E-state index in [-0.39, 0.29) is 49.3 Å². The molecule has 32 nitrogen and oxygen atoms in total. The van der Waals surface area contributed by atoms with E-state index in [1.165, 1.54) is 0 Å². The molecule has 4 saturated carbocycles. The largest absolute Gasteiger partial charge is 0.382 e. The minimum Gasteiger partial charge on any atom is -0.382 e. The molecule has 9 aliphatic rings. The summed E-state index contributed by atoms with van der Waals surface area (Å²) in [5, 5.41) is 36.9. The van der Waals surface area contributed by atoms with Gasteiger partial charge in [-0.05, 0) is 249 Å². The van der Waals surface area contributed by atoms with Gasteiger partial charge in [0, 0.05) is 110 Å². The van der Waals surface area contributed by atoms with Crippen molar-refractivity contribution in [2.45, 2.75) is 203 Å². The Bertz CT molecular complexity index is 2120. The van der Waals surface area contributed by atoms with E-state index in [9.17, 15) is 0 Å². The number of rotatable bonds is 80. The van der Waals surface area contributed by atoms with E-state index in [0.29, 0.717) is 359 Å². The molecule has 8 bridgehead atoms. The van der Waals surface area contributed by atoms with Crippen LogP contribution in [0.4, 0.5) is 0 Å². The maximum atomic E-state index is 6.36. The summed E-state index contributed by atoms with van der Waals surface area (Å²) in [5.41, 5.74) is 0. The summed E-state index contributed by atoms with van der Waals surface area (Å²) >= 11 is 0. The molecule has 16 atom stereocenters. The lowest BCUT2D eigenvalue weighted by atomic mass is 9.64. The summed E-state index contributed by atoms with van der Waals surface area (Å²) in [7, 11) is 13.7. The standard InChI is InChI=1S/C96H184N8O24/c1-105-33-41-121-57-49-113-25-9-17-73-65-81-82(66-74(73)18-10-26-114-50-58-122-42-34-106-2)90-97-89(81)101-91-83-67-75(19-11-27-115-51-59-123-43-35-107-3)76(20-12-28-116-52-60-124-44-36-108-4)68-84(83)93(98-91)103-95-87-71-79(23-15-31-119-55-63-127-47-39-111-7)80(24-16-32-120-56-64-128-48-40-112-8)72-88(87)96(100-95)104-94-86-70-78(22-14-30-118-54-62-126-46-38-110-6)77(69-85(86)92(99-94)102-90)21-13-29-117-53-61-125-45-37-109-5/h73-104H,9-72H2,1-8H3. The Kier molecular flexibility index (Phi) is 60.7. The monoisotopic (exact) mass is 1830 g/mol. The van der Waals surface area contributed by atoms with Gasteiger partial charge in [-0.15, -0.1) is 0 Å². The Morgan fingerprint density at radius 3 is 0.328 bits per heavy atom. The highest BCUT2D eigenvalue weighted by Gasteiger charge is 2.59. The van der Waals surface area contributed by atoms with Gasteiger partial charge in [-0.1, -0.05) is 0 Å². The van der Waals surface area contributed by atoms with Crippen LogP contribution >= 0.6 is 0 Å². The van der Waals surface area contributed by atoms with Crippen LogP contribution in [0.3, 0.4) is 0 Å². The van der Waals surface area contributed by atoms with Crippen molar-refractivity contribution in [3.8, 4) is 0 Å². The zero-order valence-corrected chi connectivity index (χ0v) is 80.9. The molecule has 4 aliphatic carbocycles. The molecule has 0 aromatic heterocycles. The first kappa shape index (κ1) is 110. The highest BCUT2D eigenvalue weighted by Crippen LogP contribution is 2.54. The van der Waals surface area contributed by atoms with Crippen LogP contribution in [0.2, 0.25) is 0 Å². The fraction of sp³-hybridized carbons (Fsp3) is 1.00. The van der Waals surface area contributed by atoms with E-state index in [0.717, 1.165) is 154 Å². The molecule has 5 saturated heterocycles. The van der Waals surface area contributed by atoms with Crippen LogP contribution in [-0.2, 0) is 114 Å². The molecule has 0 aromatic carbocycles. The molecular formula is C96H184N8O24. The highest BCUT2D eigenvalue weighted by atomic mass is 16.6. The summed E-state index contributed by atoms with van der Waals surface area (Å²) in [4.78, 5) is 0. The molecule has 5 aliphatic heterocycles. The molecule has 0 spiro atoms. The van der Waals surface area contributed by atoms with Crippen LogP contribution in [0.25, 0.3) is 0 Å². The molecule has 128 heavy (non-hydrogen) atoms. The van der Waals surface area contributed by atoms with E-state index in [1.54, 1.807) is 56.9 Å². The van der Waals surface area contributed by atoms with Gasteiger partial charge < -0.3 is 114 Å². The van der Waals surface area contributed by atoms with E-state index >= 15 is 0 Å².